The Morgan fingerprint density at radius 1 is 1.19 bits per heavy atom. The van der Waals surface area contributed by atoms with E-state index in [1.807, 2.05) is 0 Å². The third-order valence-electron chi connectivity index (χ3n) is 1.87. The van der Waals surface area contributed by atoms with Gasteiger partial charge < -0.3 is 0 Å². The standard InChI is InChI=1S/C8H6F2N4O2/c9-6-3-7(10)5-8(4-6)12-1-2-13(11-12)14(15)16/h1-5,11H. The molecule has 0 saturated carbocycles. The maximum absolute atomic E-state index is 12.9. The normalized spacial score (nSPS) is 14.6. The van der Waals surface area contributed by atoms with E-state index in [0.717, 1.165) is 23.3 Å². The van der Waals surface area contributed by atoms with E-state index in [-0.39, 0.29) is 5.69 Å². The number of hydrogen-bond donors (Lipinski definition) is 1. The van der Waals surface area contributed by atoms with Crippen molar-refractivity contribution in [3.05, 3.63) is 52.3 Å². The van der Waals surface area contributed by atoms with Crippen molar-refractivity contribution in [2.75, 3.05) is 5.01 Å². The van der Waals surface area contributed by atoms with E-state index < -0.39 is 16.7 Å². The van der Waals surface area contributed by atoms with Crippen molar-refractivity contribution in [1.29, 1.82) is 0 Å². The molecule has 0 aliphatic carbocycles. The molecule has 0 saturated heterocycles. The third-order valence-corrected chi connectivity index (χ3v) is 1.87. The van der Waals surface area contributed by atoms with Crippen LogP contribution in [0.5, 0.6) is 0 Å². The molecule has 2 rings (SSSR count). The summed E-state index contributed by atoms with van der Waals surface area (Å²) in [5.74, 6) is -1.52. The van der Waals surface area contributed by atoms with E-state index in [1.54, 1.807) is 0 Å². The molecule has 1 aliphatic heterocycles. The minimum absolute atomic E-state index is 0.123. The van der Waals surface area contributed by atoms with Gasteiger partial charge in [-0.1, -0.05) is 5.53 Å². The first-order valence-corrected chi connectivity index (χ1v) is 4.20. The summed E-state index contributed by atoms with van der Waals surface area (Å²) in [4.78, 5) is 10.4. The predicted molar refractivity (Wildman–Crippen MR) is 49.9 cm³/mol. The van der Waals surface area contributed by atoms with Crippen LogP contribution in [0.25, 0.3) is 0 Å². The van der Waals surface area contributed by atoms with Gasteiger partial charge in [-0.05, 0) is 17.3 Å². The Morgan fingerprint density at radius 3 is 2.31 bits per heavy atom. The van der Waals surface area contributed by atoms with Crippen LogP contribution in [-0.2, 0) is 0 Å². The molecule has 8 heteroatoms. The molecule has 1 heterocycles. The van der Waals surface area contributed by atoms with Crippen LogP contribution in [0.15, 0.2) is 30.6 Å². The fraction of sp³-hybridized carbons (Fsp3) is 0. The van der Waals surface area contributed by atoms with Crippen LogP contribution >= 0.6 is 0 Å². The number of halogens is 2. The van der Waals surface area contributed by atoms with E-state index in [4.69, 9.17) is 0 Å². The van der Waals surface area contributed by atoms with Gasteiger partial charge in [-0.3, -0.25) is 5.01 Å². The summed E-state index contributed by atoms with van der Waals surface area (Å²) >= 11 is 0. The van der Waals surface area contributed by atoms with Crippen molar-refractivity contribution in [3.63, 3.8) is 0 Å². The molecule has 16 heavy (non-hydrogen) atoms. The molecule has 1 aromatic carbocycles. The minimum Gasteiger partial charge on any atom is -0.260 e. The Bertz CT molecular complexity index is 445. The van der Waals surface area contributed by atoms with Gasteiger partial charge in [0.15, 0.2) is 5.03 Å². The number of hydrazine groups is 3. The molecule has 0 aromatic heterocycles. The topological polar surface area (TPSA) is 61.7 Å². The molecule has 0 radical (unpaired) electrons. The van der Waals surface area contributed by atoms with Crippen LogP contribution in [0.2, 0.25) is 0 Å². The predicted octanol–water partition coefficient (Wildman–Crippen LogP) is 1.17. The summed E-state index contributed by atoms with van der Waals surface area (Å²) in [6.45, 7) is 0. The maximum atomic E-state index is 12.9. The smallest absolute Gasteiger partial charge is 0.182 e. The second kappa shape index (κ2) is 3.74. The summed E-state index contributed by atoms with van der Waals surface area (Å²) in [5, 5.41) is 11.3. The van der Waals surface area contributed by atoms with Crippen LogP contribution in [0.3, 0.4) is 0 Å². The third kappa shape index (κ3) is 1.91. The summed E-state index contributed by atoms with van der Waals surface area (Å²) < 4.78 is 25.7. The zero-order chi connectivity index (χ0) is 11.7. The fourth-order valence-corrected chi connectivity index (χ4v) is 1.22. The molecule has 0 unspecified atom stereocenters. The number of anilines is 1. The largest absolute Gasteiger partial charge is 0.260 e. The number of nitrogens with zero attached hydrogens (tertiary/aromatic N) is 3. The van der Waals surface area contributed by atoms with E-state index in [0.29, 0.717) is 11.2 Å². The van der Waals surface area contributed by atoms with Crippen LogP contribution in [0.4, 0.5) is 14.5 Å². The minimum atomic E-state index is -0.759. The molecular weight excluding hydrogens is 222 g/mol. The van der Waals surface area contributed by atoms with Crippen molar-refractivity contribution >= 4 is 5.69 Å². The molecule has 6 nitrogen and oxygen atoms in total. The van der Waals surface area contributed by atoms with Gasteiger partial charge >= 0.3 is 0 Å². The number of rotatable bonds is 2. The summed E-state index contributed by atoms with van der Waals surface area (Å²) in [6.07, 6.45) is 2.39. The van der Waals surface area contributed by atoms with Gasteiger partial charge in [0.25, 0.3) is 0 Å². The summed E-state index contributed by atoms with van der Waals surface area (Å²) in [6, 6.07) is 2.81. The van der Waals surface area contributed by atoms with Gasteiger partial charge in [-0.2, -0.15) is 0 Å². The Labute approximate surface area is 88.4 Å². The Hall–Kier alpha value is -2.22. The molecule has 1 N–H and O–H groups in total. The Morgan fingerprint density at radius 2 is 1.81 bits per heavy atom. The van der Waals surface area contributed by atoms with Crippen molar-refractivity contribution in [2.45, 2.75) is 0 Å². The Balaban J connectivity index is 2.21. The van der Waals surface area contributed by atoms with Gasteiger partial charge in [0, 0.05) is 12.3 Å². The zero-order valence-electron chi connectivity index (χ0n) is 7.80. The highest BCUT2D eigenvalue weighted by Gasteiger charge is 2.21. The number of nitrogens with one attached hydrogen (secondary N) is 1. The molecule has 0 fully saturated rings. The number of nitro groups is 1. The number of hydrogen-bond acceptors (Lipinski definition) is 4. The lowest BCUT2D eigenvalue weighted by Crippen LogP contribution is -2.42. The quantitative estimate of drug-likeness (QED) is 0.608. The van der Waals surface area contributed by atoms with Gasteiger partial charge in [0.1, 0.15) is 17.8 Å². The van der Waals surface area contributed by atoms with Crippen molar-refractivity contribution < 1.29 is 13.8 Å². The van der Waals surface area contributed by atoms with E-state index in [2.05, 4.69) is 5.53 Å². The highest BCUT2D eigenvalue weighted by molar-refractivity contribution is 5.48. The molecule has 84 valence electrons. The molecule has 0 amide bonds. The first-order valence-electron chi connectivity index (χ1n) is 4.20. The van der Waals surface area contributed by atoms with Gasteiger partial charge in [0.05, 0.1) is 5.69 Å². The maximum Gasteiger partial charge on any atom is 0.182 e. The molecule has 0 atom stereocenters. The van der Waals surface area contributed by atoms with Crippen LogP contribution in [-0.4, -0.2) is 10.2 Å². The van der Waals surface area contributed by atoms with Crippen molar-refractivity contribution in [1.82, 2.24) is 10.7 Å². The summed E-state index contributed by atoms with van der Waals surface area (Å²) in [7, 11) is 0. The fourth-order valence-electron chi connectivity index (χ4n) is 1.22. The van der Waals surface area contributed by atoms with Gasteiger partial charge in [0.2, 0.25) is 0 Å². The average molecular weight is 228 g/mol. The zero-order valence-corrected chi connectivity index (χ0v) is 7.80. The average Bonchev–Trinajstić information content (AvgIpc) is 2.64. The van der Waals surface area contributed by atoms with E-state index in [1.165, 1.54) is 6.20 Å². The second-order valence-electron chi connectivity index (χ2n) is 2.98. The monoisotopic (exact) mass is 228 g/mol. The lowest BCUT2D eigenvalue weighted by molar-refractivity contribution is -0.652. The molecule has 0 spiro atoms. The first-order chi connectivity index (χ1) is 7.56. The highest BCUT2D eigenvalue weighted by Crippen LogP contribution is 2.19. The molecule has 0 bridgehead atoms. The van der Waals surface area contributed by atoms with E-state index >= 15 is 0 Å². The SMILES string of the molecule is O=[N+]([O-])N1C=CN(c2cc(F)cc(F)c2)N1. The molecule has 1 aliphatic rings. The molecular formula is C8H6F2N4O2. The van der Waals surface area contributed by atoms with Gasteiger partial charge in [-0.25, -0.2) is 18.9 Å². The molecule has 1 aromatic rings. The van der Waals surface area contributed by atoms with Crippen molar-refractivity contribution in [3.8, 4) is 0 Å². The van der Waals surface area contributed by atoms with Gasteiger partial charge in [-0.15, -0.1) is 0 Å². The highest BCUT2D eigenvalue weighted by atomic mass is 19.1. The first kappa shape index (κ1) is 10.3. The second-order valence-corrected chi connectivity index (χ2v) is 2.98. The van der Waals surface area contributed by atoms with Crippen molar-refractivity contribution in [2.24, 2.45) is 0 Å². The number of benzene rings is 1. The summed E-state index contributed by atoms with van der Waals surface area (Å²) in [5.41, 5.74) is 2.41. The van der Waals surface area contributed by atoms with Crippen LogP contribution in [0.1, 0.15) is 0 Å². The van der Waals surface area contributed by atoms with E-state index in [9.17, 15) is 18.9 Å². The lowest BCUT2D eigenvalue weighted by Gasteiger charge is -2.16. The Kier molecular flexibility index (Phi) is 2.41. The lowest BCUT2D eigenvalue weighted by atomic mass is 10.3. The van der Waals surface area contributed by atoms with Crippen LogP contribution in [0, 0.1) is 21.7 Å². The van der Waals surface area contributed by atoms with Crippen LogP contribution < -0.4 is 10.5 Å².